The van der Waals surface area contributed by atoms with Gasteiger partial charge >= 0.3 is 0 Å². The van der Waals surface area contributed by atoms with Gasteiger partial charge in [-0.1, -0.05) is 30.3 Å². The van der Waals surface area contributed by atoms with Crippen molar-refractivity contribution in [3.63, 3.8) is 0 Å². The monoisotopic (exact) mass is 408 g/mol. The number of nitrogens with zero attached hydrogens (tertiary/aromatic N) is 1. The molecule has 0 aliphatic heterocycles. The van der Waals surface area contributed by atoms with Crippen molar-refractivity contribution in [3.05, 3.63) is 94.8 Å². The summed E-state index contributed by atoms with van der Waals surface area (Å²) in [6.45, 7) is 5.62. The van der Waals surface area contributed by atoms with Crippen molar-refractivity contribution in [1.29, 1.82) is 0 Å². The summed E-state index contributed by atoms with van der Waals surface area (Å²) in [6.07, 6.45) is 3.12. The molecule has 5 nitrogen and oxygen atoms in total. The maximum absolute atomic E-state index is 13.4. The molecule has 0 bridgehead atoms. The highest BCUT2D eigenvalue weighted by molar-refractivity contribution is 7.91. The Morgan fingerprint density at radius 2 is 1.72 bits per heavy atom. The van der Waals surface area contributed by atoms with Crippen LogP contribution in [0, 0.1) is 20.8 Å². The molecule has 0 aliphatic rings. The minimum Gasteiger partial charge on any atom is -0.350 e. The third-order valence-corrected chi connectivity index (χ3v) is 7.17. The predicted octanol–water partition coefficient (Wildman–Crippen LogP) is 3.95. The summed E-state index contributed by atoms with van der Waals surface area (Å²) in [6, 6.07) is 15.7. The third kappa shape index (κ3) is 4.54. The molecule has 3 rings (SSSR count). The van der Waals surface area contributed by atoms with Crippen LogP contribution in [0.15, 0.2) is 71.9 Å². The number of aromatic nitrogens is 1. The van der Waals surface area contributed by atoms with Crippen molar-refractivity contribution >= 4 is 15.7 Å². The average molecular weight is 409 g/mol. The van der Waals surface area contributed by atoms with Crippen molar-refractivity contribution in [3.8, 4) is 0 Å². The molecule has 0 unspecified atom stereocenters. The number of amides is 1. The van der Waals surface area contributed by atoms with Crippen molar-refractivity contribution in [2.75, 3.05) is 6.54 Å². The Balaban J connectivity index is 1.94. The number of rotatable bonds is 6. The molecule has 0 saturated heterocycles. The molecule has 29 heavy (non-hydrogen) atoms. The van der Waals surface area contributed by atoms with E-state index in [4.69, 9.17) is 0 Å². The van der Waals surface area contributed by atoms with Gasteiger partial charge in [-0.3, -0.25) is 9.78 Å². The molecule has 0 aliphatic carbocycles. The number of sulfone groups is 1. The van der Waals surface area contributed by atoms with Gasteiger partial charge in [0, 0.05) is 24.5 Å². The van der Waals surface area contributed by atoms with Crippen molar-refractivity contribution < 1.29 is 13.2 Å². The lowest BCUT2D eigenvalue weighted by Crippen LogP contribution is -2.32. The minimum absolute atomic E-state index is 0.0475. The number of hydrogen-bond donors (Lipinski definition) is 1. The second-order valence-corrected chi connectivity index (χ2v) is 9.22. The van der Waals surface area contributed by atoms with Gasteiger partial charge in [0.15, 0.2) is 9.84 Å². The summed E-state index contributed by atoms with van der Waals surface area (Å²) in [4.78, 5) is 16.9. The maximum atomic E-state index is 13.4. The molecule has 1 amide bonds. The van der Waals surface area contributed by atoms with E-state index in [0.29, 0.717) is 11.1 Å². The Morgan fingerprint density at radius 3 is 2.38 bits per heavy atom. The third-order valence-electron chi connectivity index (χ3n) is 5.08. The van der Waals surface area contributed by atoms with Crippen LogP contribution in [0.25, 0.3) is 0 Å². The van der Waals surface area contributed by atoms with Gasteiger partial charge in [0.2, 0.25) is 0 Å². The molecule has 3 aromatic rings. The smallest absolute Gasteiger partial charge is 0.251 e. The largest absolute Gasteiger partial charge is 0.350 e. The molecule has 6 heteroatoms. The fraction of sp³-hybridized carbons (Fsp3) is 0.217. The van der Waals surface area contributed by atoms with E-state index in [-0.39, 0.29) is 17.3 Å². The molecule has 1 heterocycles. The van der Waals surface area contributed by atoms with Gasteiger partial charge in [-0.2, -0.15) is 0 Å². The van der Waals surface area contributed by atoms with Gasteiger partial charge in [0.05, 0.1) is 4.90 Å². The van der Waals surface area contributed by atoms with Crippen LogP contribution in [0.2, 0.25) is 0 Å². The molecule has 1 N–H and O–H groups in total. The normalized spacial score (nSPS) is 12.4. The van der Waals surface area contributed by atoms with E-state index in [1.165, 1.54) is 6.20 Å². The highest BCUT2D eigenvalue weighted by Gasteiger charge is 2.30. The Morgan fingerprint density at radius 1 is 0.966 bits per heavy atom. The lowest BCUT2D eigenvalue weighted by Gasteiger charge is -2.19. The molecular formula is C23H24N2O3S. The van der Waals surface area contributed by atoms with E-state index < -0.39 is 15.1 Å². The van der Waals surface area contributed by atoms with E-state index in [2.05, 4.69) is 10.3 Å². The first-order valence-electron chi connectivity index (χ1n) is 9.35. The van der Waals surface area contributed by atoms with Crippen LogP contribution in [0.5, 0.6) is 0 Å². The second kappa shape index (κ2) is 8.57. The summed E-state index contributed by atoms with van der Waals surface area (Å²) in [5.74, 6) is -0.299. The second-order valence-electron chi connectivity index (χ2n) is 7.09. The van der Waals surface area contributed by atoms with E-state index in [0.717, 1.165) is 16.7 Å². The summed E-state index contributed by atoms with van der Waals surface area (Å²) in [7, 11) is -3.74. The Hall–Kier alpha value is -2.99. The molecule has 0 spiro atoms. The van der Waals surface area contributed by atoms with Crippen LogP contribution < -0.4 is 5.32 Å². The van der Waals surface area contributed by atoms with Crippen LogP contribution in [0.3, 0.4) is 0 Å². The number of pyridine rings is 1. The van der Waals surface area contributed by atoms with Crippen LogP contribution in [0.4, 0.5) is 0 Å². The molecule has 2 aromatic carbocycles. The van der Waals surface area contributed by atoms with Gasteiger partial charge in [-0.05, 0) is 67.3 Å². The zero-order valence-electron chi connectivity index (χ0n) is 16.7. The number of hydrogen-bond acceptors (Lipinski definition) is 4. The summed E-state index contributed by atoms with van der Waals surface area (Å²) >= 11 is 0. The fourth-order valence-electron chi connectivity index (χ4n) is 3.14. The summed E-state index contributed by atoms with van der Waals surface area (Å²) < 4.78 is 26.9. The first-order valence-corrected chi connectivity index (χ1v) is 10.9. The molecule has 0 radical (unpaired) electrons. The van der Waals surface area contributed by atoms with Crippen LogP contribution in [-0.4, -0.2) is 25.9 Å². The number of carbonyl (C=O) groups is 1. The first-order chi connectivity index (χ1) is 13.8. The molecule has 150 valence electrons. The maximum Gasteiger partial charge on any atom is 0.251 e. The van der Waals surface area contributed by atoms with Gasteiger partial charge < -0.3 is 5.32 Å². The topological polar surface area (TPSA) is 76.1 Å². The zero-order valence-corrected chi connectivity index (χ0v) is 17.5. The fourth-order valence-corrected chi connectivity index (χ4v) is 4.86. The first kappa shape index (κ1) is 20.7. The number of benzene rings is 2. The summed E-state index contributed by atoms with van der Waals surface area (Å²) in [5.41, 5.74) is 3.83. The average Bonchev–Trinajstić information content (AvgIpc) is 2.71. The lowest BCUT2D eigenvalue weighted by atomic mass is 10.1. The molecule has 0 saturated carbocycles. The SMILES string of the molecule is Cc1ccc(S(=O)(=O)[C@H](CNC(=O)c2ccccc2C)c2cccnc2)cc1C. The Labute approximate surface area is 171 Å². The molecule has 0 fully saturated rings. The highest BCUT2D eigenvalue weighted by atomic mass is 32.2. The van der Waals surface area contributed by atoms with E-state index in [1.807, 2.05) is 32.9 Å². The molecule has 1 aromatic heterocycles. The van der Waals surface area contributed by atoms with Crippen molar-refractivity contribution in [1.82, 2.24) is 10.3 Å². The quantitative estimate of drug-likeness (QED) is 0.670. The van der Waals surface area contributed by atoms with Crippen molar-refractivity contribution in [2.24, 2.45) is 0 Å². The van der Waals surface area contributed by atoms with Gasteiger partial charge in [-0.25, -0.2) is 8.42 Å². The van der Waals surface area contributed by atoms with Gasteiger partial charge in [0.25, 0.3) is 5.91 Å². The molecular weight excluding hydrogens is 384 g/mol. The van der Waals surface area contributed by atoms with Crippen LogP contribution >= 0.6 is 0 Å². The lowest BCUT2D eigenvalue weighted by molar-refractivity contribution is 0.0953. The Kier molecular flexibility index (Phi) is 6.13. The molecule has 1 atom stereocenters. The number of aryl methyl sites for hydroxylation is 3. The summed E-state index contributed by atoms with van der Waals surface area (Å²) in [5, 5.41) is 1.86. The predicted molar refractivity (Wildman–Crippen MR) is 114 cm³/mol. The van der Waals surface area contributed by atoms with Crippen molar-refractivity contribution in [2.45, 2.75) is 30.9 Å². The van der Waals surface area contributed by atoms with Crippen LogP contribution in [-0.2, 0) is 9.84 Å². The van der Waals surface area contributed by atoms with E-state index in [1.54, 1.807) is 48.7 Å². The van der Waals surface area contributed by atoms with Gasteiger partial charge in [0.1, 0.15) is 5.25 Å². The van der Waals surface area contributed by atoms with E-state index >= 15 is 0 Å². The number of nitrogens with one attached hydrogen (secondary N) is 1. The Bertz CT molecular complexity index is 1130. The van der Waals surface area contributed by atoms with E-state index in [9.17, 15) is 13.2 Å². The highest BCUT2D eigenvalue weighted by Crippen LogP contribution is 2.29. The zero-order chi connectivity index (χ0) is 21.0. The number of carbonyl (C=O) groups excluding carboxylic acids is 1. The standard InChI is InChI=1S/C23H24N2O3S/c1-16-10-11-20(13-18(16)3)29(27,28)22(19-8-6-12-24-14-19)15-25-23(26)21-9-5-4-7-17(21)2/h4-14,22H,15H2,1-3H3,(H,25,26)/t22-/m1/s1. The van der Waals surface area contributed by atoms with Crippen LogP contribution in [0.1, 0.15) is 37.9 Å². The van der Waals surface area contributed by atoms with Gasteiger partial charge in [-0.15, -0.1) is 0 Å². The minimum atomic E-state index is -3.74.